The van der Waals surface area contributed by atoms with Crippen LogP contribution in [0.5, 0.6) is 0 Å². The van der Waals surface area contributed by atoms with E-state index in [0.29, 0.717) is 24.1 Å². The van der Waals surface area contributed by atoms with E-state index in [9.17, 15) is 13.2 Å². The first-order valence-corrected chi connectivity index (χ1v) is 8.39. The van der Waals surface area contributed by atoms with Crippen molar-refractivity contribution in [1.29, 1.82) is 0 Å². The molecule has 8 heteroatoms. The lowest BCUT2D eigenvalue weighted by Crippen LogP contribution is -2.45. The second-order valence-corrected chi connectivity index (χ2v) is 6.77. The molecule has 2 heterocycles. The summed E-state index contributed by atoms with van der Waals surface area (Å²) in [6.45, 7) is 2.17. The van der Waals surface area contributed by atoms with Crippen LogP contribution in [-0.4, -0.2) is 40.8 Å². The molecule has 2 N–H and O–H groups in total. The van der Waals surface area contributed by atoms with E-state index < -0.39 is 15.6 Å². The van der Waals surface area contributed by atoms with E-state index in [0.717, 1.165) is 6.54 Å². The summed E-state index contributed by atoms with van der Waals surface area (Å²) >= 11 is 0. The van der Waals surface area contributed by atoms with Crippen molar-refractivity contribution >= 4 is 21.0 Å². The monoisotopic (exact) mass is 324 g/mol. The topological polar surface area (TPSA) is 97.6 Å². The third kappa shape index (κ3) is 3.36. The van der Waals surface area contributed by atoms with Crippen molar-refractivity contribution in [3.05, 3.63) is 40.8 Å². The SMILES string of the molecule is O=c1ccc2cc(S(=O)(=O)NCC3CNCCO3)ccc2o1. The van der Waals surface area contributed by atoms with E-state index in [1.54, 1.807) is 0 Å². The zero-order valence-corrected chi connectivity index (χ0v) is 12.6. The summed E-state index contributed by atoms with van der Waals surface area (Å²) in [5, 5.41) is 3.69. The Balaban J connectivity index is 1.79. The van der Waals surface area contributed by atoms with Gasteiger partial charge >= 0.3 is 5.63 Å². The highest BCUT2D eigenvalue weighted by atomic mass is 32.2. The first kappa shape index (κ1) is 15.2. The zero-order valence-electron chi connectivity index (χ0n) is 11.7. The molecule has 3 rings (SSSR count). The maximum Gasteiger partial charge on any atom is 0.336 e. The quantitative estimate of drug-likeness (QED) is 0.772. The van der Waals surface area contributed by atoms with Crippen LogP contribution in [0.2, 0.25) is 0 Å². The molecule has 1 aliphatic heterocycles. The molecule has 1 saturated heterocycles. The summed E-state index contributed by atoms with van der Waals surface area (Å²) in [6.07, 6.45) is -0.179. The molecule has 1 fully saturated rings. The first-order valence-electron chi connectivity index (χ1n) is 6.90. The van der Waals surface area contributed by atoms with Crippen LogP contribution in [-0.2, 0) is 14.8 Å². The lowest BCUT2D eigenvalue weighted by molar-refractivity contribution is 0.0324. The molecule has 0 amide bonds. The van der Waals surface area contributed by atoms with E-state index >= 15 is 0 Å². The minimum absolute atomic E-state index is 0.123. The molecule has 0 saturated carbocycles. The third-order valence-corrected chi connectivity index (χ3v) is 4.83. The fraction of sp³-hybridized carbons (Fsp3) is 0.357. The molecule has 118 valence electrons. The fourth-order valence-electron chi connectivity index (χ4n) is 2.25. The smallest absolute Gasteiger partial charge is 0.336 e. The van der Waals surface area contributed by atoms with E-state index in [-0.39, 0.29) is 17.5 Å². The van der Waals surface area contributed by atoms with E-state index in [1.807, 2.05) is 0 Å². The van der Waals surface area contributed by atoms with Gasteiger partial charge in [-0.15, -0.1) is 0 Å². The summed E-state index contributed by atoms with van der Waals surface area (Å²) in [5.41, 5.74) is -0.116. The maximum absolute atomic E-state index is 12.3. The van der Waals surface area contributed by atoms with Crippen LogP contribution in [0.4, 0.5) is 0 Å². The van der Waals surface area contributed by atoms with Gasteiger partial charge in [0.2, 0.25) is 10.0 Å². The summed E-state index contributed by atoms with van der Waals surface area (Å²) in [7, 11) is -3.64. The molecule has 1 aromatic heterocycles. The minimum atomic E-state index is -3.64. The van der Waals surface area contributed by atoms with Gasteiger partial charge in [-0.3, -0.25) is 0 Å². The van der Waals surface area contributed by atoms with Gasteiger partial charge < -0.3 is 14.5 Å². The Morgan fingerprint density at radius 3 is 2.91 bits per heavy atom. The van der Waals surface area contributed by atoms with Crippen LogP contribution in [0.15, 0.2) is 44.4 Å². The van der Waals surface area contributed by atoms with Crippen molar-refractivity contribution in [3.63, 3.8) is 0 Å². The number of hydrogen-bond donors (Lipinski definition) is 2. The van der Waals surface area contributed by atoms with E-state index in [1.165, 1.54) is 30.3 Å². The number of sulfonamides is 1. The molecule has 0 bridgehead atoms. The largest absolute Gasteiger partial charge is 0.423 e. The average Bonchev–Trinajstić information content (AvgIpc) is 2.53. The van der Waals surface area contributed by atoms with Crippen LogP contribution in [0.25, 0.3) is 11.0 Å². The van der Waals surface area contributed by atoms with Gasteiger partial charge in [0.25, 0.3) is 0 Å². The second kappa shape index (κ2) is 6.17. The highest BCUT2D eigenvalue weighted by Gasteiger charge is 2.19. The van der Waals surface area contributed by atoms with Gasteiger partial charge in [-0.1, -0.05) is 0 Å². The highest BCUT2D eigenvalue weighted by Crippen LogP contribution is 2.17. The van der Waals surface area contributed by atoms with Crippen LogP contribution >= 0.6 is 0 Å². The Hall–Kier alpha value is -1.74. The number of morpholine rings is 1. The van der Waals surface area contributed by atoms with Gasteiger partial charge in [-0.25, -0.2) is 17.9 Å². The fourth-order valence-corrected chi connectivity index (χ4v) is 3.36. The molecular formula is C14H16N2O5S. The van der Waals surface area contributed by atoms with E-state index in [2.05, 4.69) is 10.0 Å². The van der Waals surface area contributed by atoms with Crippen molar-refractivity contribution in [1.82, 2.24) is 10.0 Å². The van der Waals surface area contributed by atoms with Crippen molar-refractivity contribution in [2.75, 3.05) is 26.2 Å². The van der Waals surface area contributed by atoms with Crippen LogP contribution < -0.4 is 15.7 Å². The van der Waals surface area contributed by atoms with Crippen LogP contribution in [0.1, 0.15) is 0 Å². The summed E-state index contributed by atoms with van der Waals surface area (Å²) in [6, 6.07) is 7.15. The molecule has 0 aliphatic carbocycles. The number of hydrogen-bond acceptors (Lipinski definition) is 6. The first-order chi connectivity index (χ1) is 10.5. The Morgan fingerprint density at radius 2 is 2.14 bits per heavy atom. The Kier molecular flexibility index (Phi) is 4.25. The molecule has 22 heavy (non-hydrogen) atoms. The predicted octanol–water partition coefficient (Wildman–Crippen LogP) is 0.0597. The number of nitrogens with one attached hydrogen (secondary N) is 2. The Morgan fingerprint density at radius 1 is 1.27 bits per heavy atom. The lowest BCUT2D eigenvalue weighted by atomic mass is 10.2. The summed E-state index contributed by atoms with van der Waals surface area (Å²) in [5.74, 6) is 0. The van der Waals surface area contributed by atoms with Crippen molar-refractivity contribution < 1.29 is 17.6 Å². The average molecular weight is 324 g/mol. The van der Waals surface area contributed by atoms with E-state index in [4.69, 9.17) is 9.15 Å². The molecule has 1 aromatic carbocycles. The molecule has 7 nitrogen and oxygen atoms in total. The van der Waals surface area contributed by atoms with Crippen molar-refractivity contribution in [3.8, 4) is 0 Å². The molecule has 0 spiro atoms. The van der Waals surface area contributed by atoms with Gasteiger partial charge in [0.1, 0.15) is 5.58 Å². The van der Waals surface area contributed by atoms with Crippen molar-refractivity contribution in [2.45, 2.75) is 11.0 Å². The molecule has 2 aromatic rings. The van der Waals surface area contributed by atoms with Gasteiger partial charge in [0, 0.05) is 31.1 Å². The van der Waals surface area contributed by atoms with Crippen molar-refractivity contribution in [2.24, 2.45) is 0 Å². The number of benzene rings is 1. The maximum atomic E-state index is 12.3. The highest BCUT2D eigenvalue weighted by molar-refractivity contribution is 7.89. The Bertz CT molecular complexity index is 824. The summed E-state index contributed by atoms with van der Waals surface area (Å²) in [4.78, 5) is 11.2. The van der Waals surface area contributed by atoms with Crippen LogP contribution in [0.3, 0.4) is 0 Å². The van der Waals surface area contributed by atoms with Gasteiger partial charge in [-0.05, 0) is 24.3 Å². The number of ether oxygens (including phenoxy) is 1. The van der Waals surface area contributed by atoms with Gasteiger partial charge in [-0.2, -0.15) is 0 Å². The van der Waals surface area contributed by atoms with Gasteiger partial charge in [0.15, 0.2) is 0 Å². The normalized spacial score (nSPS) is 19.4. The molecule has 1 unspecified atom stereocenters. The summed E-state index contributed by atoms with van der Waals surface area (Å²) < 4.78 is 37.6. The molecule has 1 atom stereocenters. The molecule has 1 aliphatic rings. The standard InChI is InChI=1S/C14H16N2O5S/c17-14-4-1-10-7-12(2-3-13(10)21-14)22(18,19)16-9-11-8-15-5-6-20-11/h1-4,7,11,15-16H,5-6,8-9H2. The lowest BCUT2D eigenvalue weighted by Gasteiger charge is -2.23. The van der Waals surface area contributed by atoms with Gasteiger partial charge in [0.05, 0.1) is 17.6 Å². The number of fused-ring (bicyclic) bond motifs is 1. The number of rotatable bonds is 4. The van der Waals surface area contributed by atoms with Crippen LogP contribution in [0, 0.1) is 0 Å². The zero-order chi connectivity index (χ0) is 15.6. The molecular weight excluding hydrogens is 308 g/mol. The minimum Gasteiger partial charge on any atom is -0.423 e. The predicted molar refractivity (Wildman–Crippen MR) is 80.3 cm³/mol. The Labute approximate surface area is 127 Å². The second-order valence-electron chi connectivity index (χ2n) is 5.00. The molecule has 0 radical (unpaired) electrons. The third-order valence-electron chi connectivity index (χ3n) is 3.41.